The van der Waals surface area contributed by atoms with Gasteiger partial charge in [-0.05, 0) is 25.7 Å². The molecule has 2 aliphatic carbocycles. The monoisotopic (exact) mass is 223 g/mol. The quantitative estimate of drug-likeness (QED) is 0.671. The molecular formula is C14H25NO. The first-order valence-corrected chi connectivity index (χ1v) is 7.14. The van der Waals surface area contributed by atoms with Gasteiger partial charge < -0.3 is 4.90 Å². The second-order valence-corrected chi connectivity index (χ2v) is 5.49. The number of carbonyl (C=O) groups excluding carboxylic acids is 1. The smallest absolute Gasteiger partial charge is 0.210 e. The van der Waals surface area contributed by atoms with Gasteiger partial charge in [-0.1, -0.05) is 44.9 Å². The molecule has 0 N–H and O–H groups in total. The molecule has 0 spiro atoms. The van der Waals surface area contributed by atoms with Crippen molar-refractivity contribution >= 4 is 6.41 Å². The molecule has 92 valence electrons. The summed E-state index contributed by atoms with van der Waals surface area (Å²) in [6.45, 7) is 0. The Morgan fingerprint density at radius 3 is 1.50 bits per heavy atom. The lowest BCUT2D eigenvalue weighted by Crippen LogP contribution is -2.41. The number of rotatable bonds is 3. The van der Waals surface area contributed by atoms with E-state index in [1.807, 2.05) is 0 Å². The Morgan fingerprint density at radius 1 is 0.688 bits per heavy atom. The van der Waals surface area contributed by atoms with Gasteiger partial charge in [0, 0.05) is 12.1 Å². The van der Waals surface area contributed by atoms with Gasteiger partial charge in [0.2, 0.25) is 6.41 Å². The third-order valence-corrected chi connectivity index (χ3v) is 4.36. The summed E-state index contributed by atoms with van der Waals surface area (Å²) in [6.07, 6.45) is 15.5. The van der Waals surface area contributed by atoms with E-state index in [1.165, 1.54) is 70.6 Å². The topological polar surface area (TPSA) is 20.3 Å². The van der Waals surface area contributed by atoms with Gasteiger partial charge in [-0.3, -0.25) is 4.79 Å². The molecule has 0 aromatic heterocycles. The first kappa shape index (κ1) is 11.9. The fourth-order valence-corrected chi connectivity index (χ4v) is 3.41. The Bertz CT molecular complexity index is 203. The van der Waals surface area contributed by atoms with Gasteiger partial charge in [0.15, 0.2) is 0 Å². The summed E-state index contributed by atoms with van der Waals surface area (Å²) in [4.78, 5) is 13.5. The van der Waals surface area contributed by atoms with E-state index >= 15 is 0 Å². The van der Waals surface area contributed by atoms with Crippen LogP contribution in [0.3, 0.4) is 0 Å². The number of nitrogens with zero attached hydrogens (tertiary/aromatic N) is 1. The van der Waals surface area contributed by atoms with Gasteiger partial charge in [-0.25, -0.2) is 0 Å². The molecule has 0 saturated heterocycles. The summed E-state index contributed by atoms with van der Waals surface area (Å²) in [6, 6.07) is 1.13. The Kier molecular flexibility index (Phi) is 4.68. The summed E-state index contributed by atoms with van der Waals surface area (Å²) in [7, 11) is 0. The molecule has 0 heterocycles. The maximum atomic E-state index is 11.3. The molecule has 0 aromatic rings. The number of hydrogen-bond donors (Lipinski definition) is 0. The van der Waals surface area contributed by atoms with E-state index in [1.54, 1.807) is 0 Å². The highest BCUT2D eigenvalue weighted by Crippen LogP contribution is 2.28. The third kappa shape index (κ3) is 2.99. The SMILES string of the molecule is O=CN(C1CCCCCCC1)C1CCCC1. The molecule has 0 aliphatic heterocycles. The van der Waals surface area contributed by atoms with Gasteiger partial charge in [0.05, 0.1) is 0 Å². The van der Waals surface area contributed by atoms with Crippen LogP contribution in [0.1, 0.15) is 70.6 Å². The number of carbonyl (C=O) groups is 1. The van der Waals surface area contributed by atoms with Crippen molar-refractivity contribution in [1.82, 2.24) is 4.90 Å². The predicted molar refractivity (Wildman–Crippen MR) is 66.3 cm³/mol. The second-order valence-electron chi connectivity index (χ2n) is 5.49. The minimum Gasteiger partial charge on any atom is -0.339 e. The van der Waals surface area contributed by atoms with Crippen molar-refractivity contribution < 1.29 is 4.79 Å². The molecule has 2 saturated carbocycles. The van der Waals surface area contributed by atoms with Crippen LogP contribution in [0.2, 0.25) is 0 Å². The second kappa shape index (κ2) is 6.27. The molecule has 2 heteroatoms. The first-order valence-electron chi connectivity index (χ1n) is 7.14. The van der Waals surface area contributed by atoms with Crippen molar-refractivity contribution in [3.05, 3.63) is 0 Å². The molecule has 2 rings (SSSR count). The van der Waals surface area contributed by atoms with Gasteiger partial charge in [0.1, 0.15) is 0 Å². The number of hydrogen-bond acceptors (Lipinski definition) is 1. The predicted octanol–water partition coefficient (Wildman–Crippen LogP) is 3.50. The van der Waals surface area contributed by atoms with E-state index < -0.39 is 0 Å². The van der Waals surface area contributed by atoms with Crippen LogP contribution in [0.5, 0.6) is 0 Å². The van der Waals surface area contributed by atoms with Crippen molar-refractivity contribution in [3.63, 3.8) is 0 Å². The zero-order chi connectivity index (χ0) is 11.2. The third-order valence-electron chi connectivity index (χ3n) is 4.36. The summed E-state index contributed by atoms with van der Waals surface area (Å²) in [5.74, 6) is 0. The van der Waals surface area contributed by atoms with Crippen molar-refractivity contribution in [2.24, 2.45) is 0 Å². The zero-order valence-electron chi connectivity index (χ0n) is 10.4. The van der Waals surface area contributed by atoms with E-state index in [-0.39, 0.29) is 0 Å². The van der Waals surface area contributed by atoms with E-state index in [2.05, 4.69) is 4.90 Å². The van der Waals surface area contributed by atoms with Crippen LogP contribution in [-0.4, -0.2) is 23.4 Å². The van der Waals surface area contributed by atoms with Crippen LogP contribution in [0.15, 0.2) is 0 Å². The summed E-state index contributed by atoms with van der Waals surface area (Å²) < 4.78 is 0. The van der Waals surface area contributed by atoms with Gasteiger partial charge in [0.25, 0.3) is 0 Å². The molecule has 0 atom stereocenters. The highest BCUT2D eigenvalue weighted by Gasteiger charge is 2.27. The highest BCUT2D eigenvalue weighted by molar-refractivity contribution is 5.48. The zero-order valence-corrected chi connectivity index (χ0v) is 10.4. The van der Waals surface area contributed by atoms with Crippen LogP contribution in [-0.2, 0) is 4.79 Å². The minimum absolute atomic E-state index is 0.556. The van der Waals surface area contributed by atoms with Gasteiger partial charge in [-0.15, -0.1) is 0 Å². The normalized spacial score (nSPS) is 25.0. The Labute approximate surface area is 99.4 Å². The molecule has 0 radical (unpaired) electrons. The lowest BCUT2D eigenvalue weighted by Gasteiger charge is -2.34. The van der Waals surface area contributed by atoms with Crippen LogP contribution in [0, 0.1) is 0 Å². The summed E-state index contributed by atoms with van der Waals surface area (Å²) >= 11 is 0. The lowest BCUT2D eigenvalue weighted by molar-refractivity contribution is -0.123. The minimum atomic E-state index is 0.556. The fraction of sp³-hybridized carbons (Fsp3) is 0.929. The van der Waals surface area contributed by atoms with E-state index in [9.17, 15) is 4.79 Å². The lowest BCUT2D eigenvalue weighted by atomic mass is 9.95. The molecule has 0 aromatic carbocycles. The highest BCUT2D eigenvalue weighted by atomic mass is 16.1. The molecular weight excluding hydrogens is 198 g/mol. The van der Waals surface area contributed by atoms with Crippen molar-refractivity contribution in [1.29, 1.82) is 0 Å². The van der Waals surface area contributed by atoms with E-state index in [0.29, 0.717) is 12.1 Å². The summed E-state index contributed by atoms with van der Waals surface area (Å²) in [5, 5.41) is 0. The van der Waals surface area contributed by atoms with Crippen molar-refractivity contribution in [2.75, 3.05) is 0 Å². The Morgan fingerprint density at radius 2 is 1.06 bits per heavy atom. The van der Waals surface area contributed by atoms with Crippen LogP contribution in [0.4, 0.5) is 0 Å². The van der Waals surface area contributed by atoms with Crippen LogP contribution in [0.25, 0.3) is 0 Å². The number of amides is 1. The average molecular weight is 223 g/mol. The molecule has 1 amide bonds. The maximum Gasteiger partial charge on any atom is 0.210 e. The molecule has 2 aliphatic rings. The maximum absolute atomic E-state index is 11.3. The fourth-order valence-electron chi connectivity index (χ4n) is 3.41. The largest absolute Gasteiger partial charge is 0.339 e. The van der Waals surface area contributed by atoms with Crippen LogP contribution < -0.4 is 0 Å². The van der Waals surface area contributed by atoms with E-state index in [4.69, 9.17) is 0 Å². The van der Waals surface area contributed by atoms with Gasteiger partial charge >= 0.3 is 0 Å². The standard InChI is InChI=1S/C14H25NO/c16-12-15(14-10-6-7-11-14)13-8-4-2-1-3-5-9-13/h12-14H,1-11H2. The molecule has 0 unspecified atom stereocenters. The Balaban J connectivity index is 1.91. The summed E-state index contributed by atoms with van der Waals surface area (Å²) in [5.41, 5.74) is 0. The molecule has 2 nitrogen and oxygen atoms in total. The first-order chi connectivity index (χ1) is 7.92. The van der Waals surface area contributed by atoms with Gasteiger partial charge in [-0.2, -0.15) is 0 Å². The average Bonchev–Trinajstić information content (AvgIpc) is 2.75. The van der Waals surface area contributed by atoms with Crippen molar-refractivity contribution in [2.45, 2.75) is 82.7 Å². The molecule has 0 bridgehead atoms. The Hall–Kier alpha value is -0.530. The molecule has 2 fully saturated rings. The molecule has 16 heavy (non-hydrogen) atoms. The van der Waals surface area contributed by atoms with Crippen LogP contribution >= 0.6 is 0 Å². The van der Waals surface area contributed by atoms with E-state index in [0.717, 1.165) is 6.41 Å². The van der Waals surface area contributed by atoms with Crippen molar-refractivity contribution in [3.8, 4) is 0 Å².